The molecule has 0 saturated heterocycles. The Morgan fingerprint density at radius 1 is 1.58 bits per heavy atom. The highest BCUT2D eigenvalue weighted by Crippen LogP contribution is 2.16. The van der Waals surface area contributed by atoms with Crippen LogP contribution in [0.2, 0.25) is 5.02 Å². The Kier molecular flexibility index (Phi) is 2.68. The number of hydrazine groups is 1. The summed E-state index contributed by atoms with van der Waals surface area (Å²) in [7, 11) is 0. The first-order valence-electron chi connectivity index (χ1n) is 3.42. The second-order valence-corrected chi connectivity index (χ2v) is 2.86. The molecule has 0 fully saturated rings. The Bertz CT molecular complexity index is 312. The molecule has 0 aliphatic heterocycles. The average Bonchev–Trinajstić information content (AvgIpc) is 2.03. The lowest BCUT2D eigenvalue weighted by Crippen LogP contribution is -2.30. The summed E-state index contributed by atoms with van der Waals surface area (Å²) in [6.07, 6.45) is 0. The van der Waals surface area contributed by atoms with Crippen LogP contribution in [0.3, 0.4) is 0 Å². The summed E-state index contributed by atoms with van der Waals surface area (Å²) in [5.41, 5.74) is 3.42. The fraction of sp³-hybridized carbons (Fsp3) is 0.125. The third kappa shape index (κ3) is 1.75. The van der Waals surface area contributed by atoms with Crippen molar-refractivity contribution in [3.63, 3.8) is 0 Å². The van der Waals surface area contributed by atoms with Crippen LogP contribution in [0.1, 0.15) is 15.9 Å². The first kappa shape index (κ1) is 9.03. The molecule has 1 aromatic carbocycles. The minimum atomic E-state index is -0.375. The fourth-order valence-electron chi connectivity index (χ4n) is 0.882. The smallest absolute Gasteiger partial charge is 0.266 e. The largest absolute Gasteiger partial charge is 0.290 e. The summed E-state index contributed by atoms with van der Waals surface area (Å²) in [5, 5.41) is 0.415. The minimum absolute atomic E-state index is 0.375. The van der Waals surface area contributed by atoms with Gasteiger partial charge in [0.15, 0.2) is 0 Å². The maximum Gasteiger partial charge on any atom is 0.266 e. The molecular weight excluding hydrogens is 176 g/mol. The van der Waals surface area contributed by atoms with Gasteiger partial charge in [-0.3, -0.25) is 10.2 Å². The number of halogens is 1. The van der Waals surface area contributed by atoms with Crippen molar-refractivity contribution in [1.82, 2.24) is 5.43 Å². The standard InChI is InChI=1S/C8H9ClN2O/c1-5-2-3-6(7(9)4-5)8(12)11-10/h2-4H,10H2,1H3,(H,11,12). The van der Waals surface area contributed by atoms with Crippen LogP contribution >= 0.6 is 11.6 Å². The maximum atomic E-state index is 11.0. The normalized spacial score (nSPS) is 9.58. The number of aryl methyl sites for hydroxylation is 1. The zero-order valence-corrected chi connectivity index (χ0v) is 7.35. The van der Waals surface area contributed by atoms with Crippen LogP contribution < -0.4 is 11.3 Å². The van der Waals surface area contributed by atoms with Crippen LogP contribution in [-0.2, 0) is 0 Å². The molecule has 4 heteroatoms. The van der Waals surface area contributed by atoms with Crippen LogP contribution in [0.5, 0.6) is 0 Å². The Labute approximate surface area is 75.5 Å². The van der Waals surface area contributed by atoms with Gasteiger partial charge < -0.3 is 0 Å². The molecule has 0 aliphatic rings. The lowest BCUT2D eigenvalue weighted by atomic mass is 10.1. The predicted molar refractivity (Wildman–Crippen MR) is 47.8 cm³/mol. The van der Waals surface area contributed by atoms with E-state index < -0.39 is 0 Å². The van der Waals surface area contributed by atoms with Gasteiger partial charge in [0.25, 0.3) is 5.91 Å². The van der Waals surface area contributed by atoms with Crippen molar-refractivity contribution in [2.75, 3.05) is 0 Å². The van der Waals surface area contributed by atoms with Gasteiger partial charge in [-0.15, -0.1) is 0 Å². The van der Waals surface area contributed by atoms with Gasteiger partial charge in [-0.25, -0.2) is 5.84 Å². The molecule has 3 nitrogen and oxygen atoms in total. The van der Waals surface area contributed by atoms with Crippen LogP contribution in [0.25, 0.3) is 0 Å². The van der Waals surface area contributed by atoms with Gasteiger partial charge >= 0.3 is 0 Å². The summed E-state index contributed by atoms with van der Waals surface area (Å²) >= 11 is 5.79. The minimum Gasteiger partial charge on any atom is -0.290 e. The molecule has 3 N–H and O–H groups in total. The first-order chi connectivity index (χ1) is 5.65. The zero-order valence-electron chi connectivity index (χ0n) is 6.60. The van der Waals surface area contributed by atoms with Gasteiger partial charge in [0.2, 0.25) is 0 Å². The Balaban J connectivity index is 3.09. The number of nitrogen functional groups attached to an aromatic ring is 1. The van der Waals surface area contributed by atoms with E-state index in [2.05, 4.69) is 0 Å². The van der Waals surface area contributed by atoms with E-state index in [1.54, 1.807) is 18.2 Å². The molecule has 0 atom stereocenters. The zero-order chi connectivity index (χ0) is 9.14. The molecule has 0 spiro atoms. The number of hydrogen-bond acceptors (Lipinski definition) is 2. The van der Waals surface area contributed by atoms with Crippen molar-refractivity contribution < 1.29 is 4.79 Å². The van der Waals surface area contributed by atoms with Gasteiger partial charge in [-0.1, -0.05) is 17.7 Å². The number of hydrogen-bond donors (Lipinski definition) is 2. The predicted octanol–water partition coefficient (Wildman–Crippen LogP) is 1.25. The molecular formula is C8H9ClN2O. The number of rotatable bonds is 1. The van der Waals surface area contributed by atoms with E-state index in [9.17, 15) is 4.79 Å². The molecule has 0 aromatic heterocycles. The van der Waals surface area contributed by atoms with E-state index in [4.69, 9.17) is 17.4 Å². The molecule has 0 unspecified atom stereocenters. The van der Waals surface area contributed by atoms with E-state index in [-0.39, 0.29) is 5.91 Å². The highest BCUT2D eigenvalue weighted by Gasteiger charge is 2.07. The van der Waals surface area contributed by atoms with Gasteiger partial charge in [-0.05, 0) is 24.6 Å². The van der Waals surface area contributed by atoms with Crippen molar-refractivity contribution in [3.05, 3.63) is 34.3 Å². The van der Waals surface area contributed by atoms with Gasteiger partial charge in [0.05, 0.1) is 10.6 Å². The van der Waals surface area contributed by atoms with Gasteiger partial charge in [0, 0.05) is 0 Å². The Morgan fingerprint density at radius 2 is 2.25 bits per heavy atom. The molecule has 12 heavy (non-hydrogen) atoms. The van der Waals surface area contributed by atoms with E-state index in [0.29, 0.717) is 10.6 Å². The lowest BCUT2D eigenvalue weighted by Gasteiger charge is -2.02. The highest BCUT2D eigenvalue weighted by molar-refractivity contribution is 6.33. The number of amides is 1. The van der Waals surface area contributed by atoms with Crippen LogP contribution in [0.4, 0.5) is 0 Å². The molecule has 0 heterocycles. The third-order valence-electron chi connectivity index (χ3n) is 1.50. The SMILES string of the molecule is Cc1ccc(C(=O)NN)c(Cl)c1. The number of carbonyl (C=O) groups excluding carboxylic acids is 1. The molecule has 0 radical (unpaired) electrons. The third-order valence-corrected chi connectivity index (χ3v) is 1.81. The van der Waals surface area contributed by atoms with E-state index in [1.807, 2.05) is 12.3 Å². The lowest BCUT2D eigenvalue weighted by molar-refractivity contribution is 0.0954. The maximum absolute atomic E-state index is 11.0. The molecule has 1 amide bonds. The van der Waals surface area contributed by atoms with Crippen LogP contribution in [0, 0.1) is 6.92 Å². The molecule has 1 rings (SSSR count). The first-order valence-corrected chi connectivity index (χ1v) is 3.80. The number of nitrogens with one attached hydrogen (secondary N) is 1. The topological polar surface area (TPSA) is 55.1 Å². The van der Waals surface area contributed by atoms with Gasteiger partial charge in [0.1, 0.15) is 0 Å². The molecule has 1 aromatic rings. The summed E-state index contributed by atoms with van der Waals surface area (Å²) in [5.74, 6) is 4.58. The van der Waals surface area contributed by atoms with Crippen molar-refractivity contribution >= 4 is 17.5 Å². The molecule has 0 aliphatic carbocycles. The van der Waals surface area contributed by atoms with Crippen LogP contribution in [0.15, 0.2) is 18.2 Å². The van der Waals surface area contributed by atoms with Crippen molar-refractivity contribution in [3.8, 4) is 0 Å². The summed E-state index contributed by atoms with van der Waals surface area (Å²) < 4.78 is 0. The molecule has 0 saturated carbocycles. The second kappa shape index (κ2) is 3.56. The summed E-state index contributed by atoms with van der Waals surface area (Å²) in [4.78, 5) is 11.0. The van der Waals surface area contributed by atoms with Crippen molar-refractivity contribution in [1.29, 1.82) is 0 Å². The average molecular weight is 185 g/mol. The summed E-state index contributed by atoms with van der Waals surface area (Å²) in [6.45, 7) is 1.90. The molecule has 64 valence electrons. The second-order valence-electron chi connectivity index (χ2n) is 2.46. The van der Waals surface area contributed by atoms with Crippen LogP contribution in [-0.4, -0.2) is 5.91 Å². The quantitative estimate of drug-likeness (QED) is 0.392. The summed E-state index contributed by atoms with van der Waals surface area (Å²) in [6, 6.07) is 5.16. The fourth-order valence-corrected chi connectivity index (χ4v) is 1.20. The van der Waals surface area contributed by atoms with Crippen molar-refractivity contribution in [2.24, 2.45) is 5.84 Å². The van der Waals surface area contributed by atoms with E-state index in [0.717, 1.165) is 5.56 Å². The highest BCUT2D eigenvalue weighted by atomic mass is 35.5. The van der Waals surface area contributed by atoms with Crippen molar-refractivity contribution in [2.45, 2.75) is 6.92 Å². The van der Waals surface area contributed by atoms with Gasteiger partial charge in [-0.2, -0.15) is 0 Å². The Hall–Kier alpha value is -1.06. The molecule has 0 bridgehead atoms. The number of benzene rings is 1. The monoisotopic (exact) mass is 184 g/mol. The van der Waals surface area contributed by atoms with E-state index in [1.165, 1.54) is 0 Å². The number of carbonyl (C=O) groups is 1. The van der Waals surface area contributed by atoms with E-state index >= 15 is 0 Å². The number of nitrogens with two attached hydrogens (primary N) is 1. The Morgan fingerprint density at radius 3 is 2.75 bits per heavy atom.